The molecule has 0 saturated carbocycles. The molecule has 0 aliphatic rings. The van der Waals surface area contributed by atoms with Crippen molar-refractivity contribution < 1.29 is 0 Å². The van der Waals surface area contributed by atoms with Crippen molar-refractivity contribution in [1.29, 1.82) is 0 Å². The number of hydrogen-bond donors (Lipinski definition) is 0. The van der Waals surface area contributed by atoms with E-state index in [0.717, 1.165) is 37.8 Å². The van der Waals surface area contributed by atoms with Gasteiger partial charge in [0.05, 0.1) is 5.69 Å². The third kappa shape index (κ3) is 7.54. The Morgan fingerprint density at radius 3 is 2.52 bits per heavy atom. The van der Waals surface area contributed by atoms with Gasteiger partial charge in [-0.3, -0.25) is 4.99 Å². The molecule has 1 nitrogen and oxygen atoms in total. The van der Waals surface area contributed by atoms with Crippen molar-refractivity contribution in [2.75, 3.05) is 0 Å². The molecule has 0 saturated heterocycles. The highest BCUT2D eigenvalue weighted by atomic mass is 14.7. The fourth-order valence-electron chi connectivity index (χ4n) is 3.12. The summed E-state index contributed by atoms with van der Waals surface area (Å²) in [6.45, 7) is 17.3. The summed E-state index contributed by atoms with van der Waals surface area (Å²) in [6, 6.07) is 6.57. The van der Waals surface area contributed by atoms with Crippen LogP contribution in [0.1, 0.15) is 71.4 Å². The van der Waals surface area contributed by atoms with Crippen molar-refractivity contribution in [3.63, 3.8) is 0 Å². The molecule has 0 atom stereocenters. The van der Waals surface area contributed by atoms with Gasteiger partial charge in [0.25, 0.3) is 0 Å². The molecule has 0 radical (unpaired) electrons. The number of benzene rings is 1. The van der Waals surface area contributed by atoms with E-state index in [4.69, 9.17) is 4.99 Å². The second-order valence-electron chi connectivity index (χ2n) is 7.09. The summed E-state index contributed by atoms with van der Waals surface area (Å²) in [5.74, 6) is 0. The molecule has 0 N–H and O–H groups in total. The average Bonchev–Trinajstić information content (AvgIpc) is 2.67. The Morgan fingerprint density at radius 2 is 1.89 bits per heavy atom. The topological polar surface area (TPSA) is 12.4 Å². The molecular weight excluding hydrogens is 326 g/mol. The highest BCUT2D eigenvalue weighted by molar-refractivity contribution is 5.65. The van der Waals surface area contributed by atoms with Gasteiger partial charge in [-0.15, -0.1) is 0 Å². The molecule has 0 amide bonds. The zero-order valence-corrected chi connectivity index (χ0v) is 18.2. The molecule has 0 aromatic heterocycles. The minimum Gasteiger partial charge on any atom is -0.261 e. The van der Waals surface area contributed by atoms with E-state index in [2.05, 4.69) is 84.5 Å². The maximum absolute atomic E-state index is 4.72. The van der Waals surface area contributed by atoms with Crippen LogP contribution in [0.5, 0.6) is 0 Å². The molecule has 0 unspecified atom stereocenters. The molecular formula is C26H37N. The third-order valence-corrected chi connectivity index (χ3v) is 5.08. The van der Waals surface area contributed by atoms with Crippen molar-refractivity contribution in [3.05, 3.63) is 76.4 Å². The van der Waals surface area contributed by atoms with Crippen LogP contribution >= 0.6 is 0 Å². The van der Waals surface area contributed by atoms with Crippen molar-refractivity contribution in [3.8, 4) is 0 Å². The number of aliphatic imine (C=N–C) groups is 1. The summed E-state index contributed by atoms with van der Waals surface area (Å²) >= 11 is 0. The van der Waals surface area contributed by atoms with Gasteiger partial charge in [-0.1, -0.05) is 61.9 Å². The molecule has 0 bridgehead atoms. The van der Waals surface area contributed by atoms with Crippen LogP contribution in [-0.2, 0) is 6.42 Å². The Bertz CT molecular complexity index is 741. The van der Waals surface area contributed by atoms with Crippen LogP contribution in [0.4, 0.5) is 5.69 Å². The number of hydrogen-bond acceptors (Lipinski definition) is 1. The predicted molar refractivity (Wildman–Crippen MR) is 123 cm³/mol. The van der Waals surface area contributed by atoms with E-state index in [0.29, 0.717) is 0 Å². The molecule has 1 aromatic carbocycles. The molecule has 0 aliphatic carbocycles. The van der Waals surface area contributed by atoms with Crippen LogP contribution in [0.2, 0.25) is 0 Å². The van der Waals surface area contributed by atoms with Gasteiger partial charge in [-0.25, -0.2) is 0 Å². The monoisotopic (exact) mass is 363 g/mol. The normalized spacial score (nSPS) is 13.5. The van der Waals surface area contributed by atoms with E-state index >= 15 is 0 Å². The van der Waals surface area contributed by atoms with E-state index < -0.39 is 0 Å². The Balaban J connectivity index is 2.74. The minimum absolute atomic E-state index is 0.918. The number of nitrogens with zero attached hydrogens (tertiary/aromatic N) is 1. The van der Waals surface area contributed by atoms with Gasteiger partial charge in [0.2, 0.25) is 0 Å². The highest BCUT2D eigenvalue weighted by Gasteiger charge is 2.05. The van der Waals surface area contributed by atoms with Crippen LogP contribution in [0.15, 0.2) is 70.3 Å². The minimum atomic E-state index is 0.918. The summed E-state index contributed by atoms with van der Waals surface area (Å²) in [6.07, 6.45) is 13.6. The van der Waals surface area contributed by atoms with Gasteiger partial charge >= 0.3 is 0 Å². The Morgan fingerprint density at radius 1 is 1.15 bits per heavy atom. The maximum Gasteiger partial charge on any atom is 0.0657 e. The third-order valence-electron chi connectivity index (χ3n) is 5.08. The molecule has 1 aromatic rings. The fraction of sp³-hybridized carbons (Fsp3) is 0.423. The van der Waals surface area contributed by atoms with E-state index in [9.17, 15) is 0 Å². The largest absolute Gasteiger partial charge is 0.261 e. The standard InChI is InChI=1S/C26H37N/c1-8-11-12-15-24-17-16-22(6)26(19-24)27-18-13-14-21(5)23(7)25(10-3)20(4)9-2/h9,11-12,16-19H,5,8,10,13-15H2,1-4,6-7H3/b12-11+,20-9-,25-23-,27-18?. The van der Waals surface area contributed by atoms with Gasteiger partial charge in [0, 0.05) is 6.21 Å². The molecule has 1 rings (SSSR count). The Labute approximate surface area is 167 Å². The second-order valence-corrected chi connectivity index (χ2v) is 7.09. The zero-order valence-electron chi connectivity index (χ0n) is 18.2. The molecule has 0 aliphatic heterocycles. The molecule has 146 valence electrons. The lowest BCUT2D eigenvalue weighted by Crippen LogP contribution is -1.94. The SMILES string of the molecule is C=C(CCC=Nc1cc(C/C=C/CC)ccc1C)/C(C)=C(CC)\C(C)=C/C. The molecule has 1 heteroatoms. The predicted octanol–water partition coefficient (Wildman–Crippen LogP) is 8.24. The van der Waals surface area contributed by atoms with Gasteiger partial charge in [-0.05, 0) is 88.1 Å². The first-order chi connectivity index (χ1) is 12.9. The van der Waals surface area contributed by atoms with Crippen molar-refractivity contribution >= 4 is 11.9 Å². The average molecular weight is 364 g/mol. The molecule has 0 spiro atoms. The van der Waals surface area contributed by atoms with Crippen LogP contribution in [0.25, 0.3) is 0 Å². The molecule has 0 heterocycles. The summed E-state index contributed by atoms with van der Waals surface area (Å²) in [7, 11) is 0. The van der Waals surface area contributed by atoms with E-state index in [1.165, 1.54) is 33.4 Å². The Kier molecular flexibility index (Phi) is 10.4. The number of allylic oxidation sites excluding steroid dienone is 7. The maximum atomic E-state index is 4.72. The lowest BCUT2D eigenvalue weighted by atomic mass is 9.93. The highest BCUT2D eigenvalue weighted by Crippen LogP contribution is 2.25. The number of aryl methyl sites for hydroxylation is 1. The summed E-state index contributed by atoms with van der Waals surface area (Å²) in [5, 5.41) is 0. The fourth-order valence-corrected chi connectivity index (χ4v) is 3.12. The Hall–Kier alpha value is -2.15. The van der Waals surface area contributed by atoms with Crippen LogP contribution in [0, 0.1) is 6.92 Å². The summed E-state index contributed by atoms with van der Waals surface area (Å²) < 4.78 is 0. The first-order valence-corrected chi connectivity index (χ1v) is 10.2. The van der Waals surface area contributed by atoms with Crippen molar-refractivity contribution in [2.24, 2.45) is 4.99 Å². The zero-order chi connectivity index (χ0) is 20.2. The van der Waals surface area contributed by atoms with Gasteiger partial charge < -0.3 is 0 Å². The first kappa shape index (κ1) is 22.9. The lowest BCUT2D eigenvalue weighted by Gasteiger charge is -2.13. The van der Waals surface area contributed by atoms with Gasteiger partial charge in [-0.2, -0.15) is 0 Å². The quantitative estimate of drug-likeness (QED) is 0.225. The second kappa shape index (κ2) is 12.3. The van der Waals surface area contributed by atoms with Crippen LogP contribution in [0.3, 0.4) is 0 Å². The lowest BCUT2D eigenvalue weighted by molar-refractivity contribution is 0.996. The van der Waals surface area contributed by atoms with Crippen molar-refractivity contribution in [1.82, 2.24) is 0 Å². The van der Waals surface area contributed by atoms with Gasteiger partial charge in [0.15, 0.2) is 0 Å². The smallest absolute Gasteiger partial charge is 0.0657 e. The van der Waals surface area contributed by atoms with Crippen LogP contribution < -0.4 is 0 Å². The summed E-state index contributed by atoms with van der Waals surface area (Å²) in [5.41, 5.74) is 8.94. The first-order valence-electron chi connectivity index (χ1n) is 10.2. The number of rotatable bonds is 10. The molecule has 0 fully saturated rings. The summed E-state index contributed by atoms with van der Waals surface area (Å²) in [4.78, 5) is 4.72. The van der Waals surface area contributed by atoms with E-state index in [1.54, 1.807) is 0 Å². The molecule has 27 heavy (non-hydrogen) atoms. The van der Waals surface area contributed by atoms with Crippen LogP contribution in [-0.4, -0.2) is 6.21 Å². The van der Waals surface area contributed by atoms with E-state index in [-0.39, 0.29) is 0 Å². The van der Waals surface area contributed by atoms with Crippen molar-refractivity contribution in [2.45, 2.75) is 73.6 Å². The van der Waals surface area contributed by atoms with Gasteiger partial charge in [0.1, 0.15) is 0 Å². The van der Waals surface area contributed by atoms with E-state index in [1.807, 2.05) is 6.21 Å².